The van der Waals surface area contributed by atoms with Crippen molar-refractivity contribution in [1.29, 1.82) is 0 Å². The van der Waals surface area contributed by atoms with Crippen molar-refractivity contribution < 1.29 is 9.53 Å². The lowest BCUT2D eigenvalue weighted by atomic mass is 9.47. The van der Waals surface area contributed by atoms with Crippen molar-refractivity contribution in [2.75, 3.05) is 6.61 Å². The molecule has 3 atom stereocenters. The third-order valence-corrected chi connectivity index (χ3v) is 6.40. The van der Waals surface area contributed by atoms with Crippen molar-refractivity contribution in [3.63, 3.8) is 0 Å². The zero-order valence-corrected chi connectivity index (χ0v) is 14.2. The first-order valence-corrected chi connectivity index (χ1v) is 8.58. The molecule has 3 rings (SSSR count). The number of allylic oxidation sites excluding steroid dienone is 2. The molecule has 0 bridgehead atoms. The Morgan fingerprint density at radius 2 is 2.09 bits per heavy atom. The van der Waals surface area contributed by atoms with Gasteiger partial charge in [0.2, 0.25) is 0 Å². The van der Waals surface area contributed by atoms with Gasteiger partial charge >= 0.3 is 5.97 Å². The summed E-state index contributed by atoms with van der Waals surface area (Å²) in [5.41, 5.74) is 2.72. The molecule has 1 heterocycles. The highest BCUT2D eigenvalue weighted by Gasteiger charge is 2.52. The predicted molar refractivity (Wildman–Crippen MR) is 89.3 cm³/mol. The van der Waals surface area contributed by atoms with E-state index in [-0.39, 0.29) is 11.4 Å². The van der Waals surface area contributed by atoms with E-state index in [2.05, 4.69) is 33.4 Å². The van der Waals surface area contributed by atoms with Crippen LogP contribution in [0.25, 0.3) is 0 Å². The second kappa shape index (κ2) is 5.40. The molecule has 2 fully saturated rings. The smallest absolute Gasteiger partial charge is 0.338 e. The van der Waals surface area contributed by atoms with Gasteiger partial charge in [-0.1, -0.05) is 51.5 Å². The molecule has 22 heavy (non-hydrogen) atoms. The largest absolute Gasteiger partial charge is 0.458 e. The Balaban J connectivity index is 1.89. The standard InChI is InChI=1S/C20H28O2/c1-14-6-9-17-19(2,3)11-5-12-20(17,4)16(14)8-7-15-10-13-22-18(15)21/h7-8,10,16-17H,1,5-6,9,11-13H2,2-4H3/t16-,17-,20+/m0/s1. The number of ether oxygens (including phenoxy) is 1. The van der Waals surface area contributed by atoms with Crippen LogP contribution >= 0.6 is 0 Å². The van der Waals surface area contributed by atoms with Crippen LogP contribution in [0.3, 0.4) is 0 Å². The zero-order chi connectivity index (χ0) is 16.0. The van der Waals surface area contributed by atoms with E-state index in [1.54, 1.807) is 0 Å². The predicted octanol–water partition coefficient (Wildman–Crippen LogP) is 4.82. The molecule has 0 aromatic rings. The van der Waals surface area contributed by atoms with Gasteiger partial charge in [0.05, 0.1) is 5.57 Å². The fraction of sp³-hybridized carbons (Fsp3) is 0.650. The zero-order valence-electron chi connectivity index (χ0n) is 14.2. The maximum Gasteiger partial charge on any atom is 0.338 e. The number of hydrogen-bond acceptors (Lipinski definition) is 2. The highest BCUT2D eigenvalue weighted by Crippen LogP contribution is 2.61. The number of carbonyl (C=O) groups excluding carboxylic acids is 1. The number of hydrogen-bond donors (Lipinski definition) is 0. The van der Waals surface area contributed by atoms with Crippen LogP contribution < -0.4 is 0 Å². The molecule has 0 unspecified atom stereocenters. The Kier molecular flexibility index (Phi) is 3.82. The molecule has 2 saturated carbocycles. The Labute approximate surface area is 134 Å². The Hall–Kier alpha value is -1.31. The van der Waals surface area contributed by atoms with Crippen LogP contribution in [-0.2, 0) is 9.53 Å². The van der Waals surface area contributed by atoms with Crippen molar-refractivity contribution >= 4 is 5.97 Å². The van der Waals surface area contributed by atoms with Gasteiger partial charge in [0.1, 0.15) is 6.61 Å². The van der Waals surface area contributed by atoms with Gasteiger partial charge in [-0.25, -0.2) is 4.79 Å². The van der Waals surface area contributed by atoms with E-state index in [0.717, 1.165) is 12.3 Å². The maximum absolute atomic E-state index is 11.6. The lowest BCUT2D eigenvalue weighted by Gasteiger charge is -2.57. The average molecular weight is 300 g/mol. The molecule has 0 saturated heterocycles. The first-order valence-electron chi connectivity index (χ1n) is 8.58. The van der Waals surface area contributed by atoms with E-state index < -0.39 is 0 Å². The van der Waals surface area contributed by atoms with Gasteiger partial charge < -0.3 is 4.74 Å². The van der Waals surface area contributed by atoms with E-state index in [4.69, 9.17) is 4.74 Å². The first kappa shape index (κ1) is 15.6. The second-order valence-corrected chi connectivity index (χ2v) is 8.19. The quantitative estimate of drug-likeness (QED) is 0.539. The van der Waals surface area contributed by atoms with Crippen molar-refractivity contribution in [3.8, 4) is 0 Å². The number of fused-ring (bicyclic) bond motifs is 1. The summed E-state index contributed by atoms with van der Waals surface area (Å²) >= 11 is 0. The molecular weight excluding hydrogens is 272 g/mol. The Morgan fingerprint density at radius 1 is 1.32 bits per heavy atom. The lowest BCUT2D eigenvalue weighted by molar-refractivity contribution is -0.135. The fourth-order valence-corrected chi connectivity index (χ4v) is 5.28. The van der Waals surface area contributed by atoms with Gasteiger partial charge in [0, 0.05) is 5.92 Å². The van der Waals surface area contributed by atoms with E-state index in [1.165, 1.54) is 31.3 Å². The number of carbonyl (C=O) groups is 1. The number of cyclic esters (lactones) is 1. The Bertz CT molecular complexity index is 552. The van der Waals surface area contributed by atoms with Crippen LogP contribution in [-0.4, -0.2) is 12.6 Å². The average Bonchev–Trinajstić information content (AvgIpc) is 2.82. The van der Waals surface area contributed by atoms with E-state index in [1.807, 2.05) is 12.2 Å². The van der Waals surface area contributed by atoms with Crippen molar-refractivity contribution in [2.24, 2.45) is 22.7 Å². The molecule has 0 spiro atoms. The molecule has 2 heteroatoms. The van der Waals surface area contributed by atoms with E-state index >= 15 is 0 Å². The summed E-state index contributed by atoms with van der Waals surface area (Å²) in [6, 6.07) is 0. The normalized spacial score (nSPS) is 37.9. The fourth-order valence-electron chi connectivity index (χ4n) is 5.28. The van der Waals surface area contributed by atoms with Gasteiger partial charge in [0.15, 0.2) is 0 Å². The number of esters is 1. The summed E-state index contributed by atoms with van der Waals surface area (Å²) in [6.07, 6.45) is 12.3. The van der Waals surface area contributed by atoms with Gasteiger partial charge in [-0.05, 0) is 48.5 Å². The van der Waals surface area contributed by atoms with Crippen LogP contribution in [0.15, 0.2) is 36.0 Å². The summed E-state index contributed by atoms with van der Waals surface area (Å²) in [6.45, 7) is 12.1. The topological polar surface area (TPSA) is 26.3 Å². The Morgan fingerprint density at radius 3 is 2.77 bits per heavy atom. The molecule has 0 radical (unpaired) electrons. The molecule has 0 N–H and O–H groups in total. The minimum Gasteiger partial charge on any atom is -0.458 e. The van der Waals surface area contributed by atoms with Crippen molar-refractivity contribution in [2.45, 2.75) is 52.9 Å². The monoisotopic (exact) mass is 300 g/mol. The SMILES string of the molecule is C=C1CC[C@H]2C(C)(C)CCC[C@]2(C)[C@H]1C=CC1=CCOC1=O. The molecular formula is C20H28O2. The summed E-state index contributed by atoms with van der Waals surface area (Å²) in [7, 11) is 0. The molecule has 2 nitrogen and oxygen atoms in total. The molecule has 0 aromatic heterocycles. The summed E-state index contributed by atoms with van der Waals surface area (Å²) < 4.78 is 4.99. The summed E-state index contributed by atoms with van der Waals surface area (Å²) in [4.78, 5) is 11.6. The molecule has 3 aliphatic rings. The highest BCUT2D eigenvalue weighted by atomic mass is 16.5. The third-order valence-electron chi connectivity index (χ3n) is 6.40. The van der Waals surface area contributed by atoms with Crippen LogP contribution in [0.1, 0.15) is 52.9 Å². The van der Waals surface area contributed by atoms with E-state index in [9.17, 15) is 4.79 Å². The van der Waals surface area contributed by atoms with Crippen LogP contribution in [0.4, 0.5) is 0 Å². The van der Waals surface area contributed by atoms with Crippen molar-refractivity contribution in [1.82, 2.24) is 0 Å². The van der Waals surface area contributed by atoms with E-state index in [0.29, 0.717) is 23.5 Å². The highest BCUT2D eigenvalue weighted by molar-refractivity contribution is 5.93. The lowest BCUT2D eigenvalue weighted by Crippen LogP contribution is -2.48. The molecule has 120 valence electrons. The summed E-state index contributed by atoms with van der Waals surface area (Å²) in [5, 5.41) is 0. The van der Waals surface area contributed by atoms with Gasteiger partial charge in [-0.3, -0.25) is 0 Å². The summed E-state index contributed by atoms with van der Waals surface area (Å²) in [5.74, 6) is 0.918. The minimum atomic E-state index is -0.191. The number of rotatable bonds is 2. The van der Waals surface area contributed by atoms with Gasteiger partial charge in [-0.15, -0.1) is 0 Å². The van der Waals surface area contributed by atoms with Crippen LogP contribution in [0, 0.1) is 22.7 Å². The molecule has 0 aromatic carbocycles. The molecule has 1 aliphatic heterocycles. The van der Waals surface area contributed by atoms with Gasteiger partial charge in [0.25, 0.3) is 0 Å². The first-order chi connectivity index (χ1) is 10.3. The van der Waals surface area contributed by atoms with Crippen molar-refractivity contribution in [3.05, 3.63) is 36.0 Å². The molecule has 0 amide bonds. The second-order valence-electron chi connectivity index (χ2n) is 8.19. The minimum absolute atomic E-state index is 0.191. The van der Waals surface area contributed by atoms with Crippen LogP contribution in [0.2, 0.25) is 0 Å². The van der Waals surface area contributed by atoms with Gasteiger partial charge in [-0.2, -0.15) is 0 Å². The van der Waals surface area contributed by atoms with Crippen LogP contribution in [0.5, 0.6) is 0 Å². The third kappa shape index (κ3) is 2.47. The molecule has 2 aliphatic carbocycles. The maximum atomic E-state index is 11.6.